The number of pyridine rings is 1. The summed E-state index contributed by atoms with van der Waals surface area (Å²) in [6, 6.07) is 11.6. The van der Waals surface area contributed by atoms with Crippen LogP contribution >= 0.6 is 0 Å². The zero-order valence-corrected chi connectivity index (χ0v) is 15.5. The van der Waals surface area contributed by atoms with E-state index in [-0.39, 0.29) is 5.91 Å². The number of nitriles is 1. The monoisotopic (exact) mass is 359 g/mol. The van der Waals surface area contributed by atoms with E-state index in [1.54, 1.807) is 18.3 Å². The Balaban J connectivity index is 1.55. The van der Waals surface area contributed by atoms with Gasteiger partial charge in [-0.2, -0.15) is 5.26 Å². The molecule has 0 saturated carbocycles. The number of carbonyl (C=O) groups is 1. The van der Waals surface area contributed by atoms with Crippen molar-refractivity contribution in [3.63, 3.8) is 0 Å². The van der Waals surface area contributed by atoms with E-state index >= 15 is 0 Å². The fraction of sp³-hybridized carbons (Fsp3) is 0.286. The summed E-state index contributed by atoms with van der Waals surface area (Å²) in [5.74, 6) is 0.743. The molecule has 1 saturated heterocycles. The molecule has 1 aromatic carbocycles. The van der Waals surface area contributed by atoms with Crippen molar-refractivity contribution in [2.45, 2.75) is 13.8 Å². The fourth-order valence-corrected chi connectivity index (χ4v) is 3.69. The number of piperazine rings is 1. The van der Waals surface area contributed by atoms with Crippen LogP contribution in [0.3, 0.4) is 0 Å². The fourth-order valence-electron chi connectivity index (χ4n) is 3.69. The first kappa shape index (κ1) is 17.1. The van der Waals surface area contributed by atoms with Crippen LogP contribution in [0.4, 0.5) is 5.82 Å². The molecule has 1 aliphatic rings. The molecule has 0 radical (unpaired) electrons. The predicted octanol–water partition coefficient (Wildman–Crippen LogP) is 3.01. The Morgan fingerprint density at radius 1 is 1.15 bits per heavy atom. The highest BCUT2D eigenvalue weighted by atomic mass is 16.2. The summed E-state index contributed by atoms with van der Waals surface area (Å²) in [5, 5.41) is 10.4. The molecule has 2 aromatic heterocycles. The van der Waals surface area contributed by atoms with Crippen molar-refractivity contribution in [2.75, 3.05) is 31.1 Å². The Bertz CT molecular complexity index is 1050. The number of hydrogen-bond donors (Lipinski definition) is 1. The van der Waals surface area contributed by atoms with Crippen LogP contribution in [-0.2, 0) is 0 Å². The number of fused-ring (bicyclic) bond motifs is 1. The second-order valence-corrected chi connectivity index (χ2v) is 6.87. The third-order valence-corrected chi connectivity index (χ3v) is 5.35. The van der Waals surface area contributed by atoms with Gasteiger partial charge >= 0.3 is 0 Å². The highest BCUT2D eigenvalue weighted by Gasteiger charge is 2.25. The van der Waals surface area contributed by atoms with E-state index in [4.69, 9.17) is 0 Å². The van der Waals surface area contributed by atoms with Crippen LogP contribution < -0.4 is 4.90 Å². The summed E-state index contributed by atoms with van der Waals surface area (Å²) in [6.45, 7) is 6.64. The van der Waals surface area contributed by atoms with Crippen molar-refractivity contribution in [2.24, 2.45) is 0 Å². The van der Waals surface area contributed by atoms with Gasteiger partial charge in [-0.1, -0.05) is 12.1 Å². The molecule has 0 aliphatic carbocycles. The van der Waals surface area contributed by atoms with Gasteiger partial charge < -0.3 is 14.8 Å². The van der Waals surface area contributed by atoms with E-state index in [1.165, 1.54) is 5.56 Å². The van der Waals surface area contributed by atoms with Gasteiger partial charge in [0.1, 0.15) is 11.9 Å². The summed E-state index contributed by atoms with van der Waals surface area (Å²) >= 11 is 0. The van der Waals surface area contributed by atoms with Crippen LogP contribution in [0.5, 0.6) is 0 Å². The average molecular weight is 359 g/mol. The SMILES string of the molecule is Cc1[nH]c2c(C(=O)N3CCN(c4ncccc4C#N)CC3)cccc2c1C. The maximum atomic E-state index is 13.1. The van der Waals surface area contributed by atoms with E-state index in [1.807, 2.05) is 30.0 Å². The van der Waals surface area contributed by atoms with Gasteiger partial charge in [0.25, 0.3) is 5.91 Å². The minimum Gasteiger partial charge on any atom is -0.358 e. The van der Waals surface area contributed by atoms with Gasteiger partial charge in [-0.15, -0.1) is 0 Å². The van der Waals surface area contributed by atoms with Crippen molar-refractivity contribution in [1.29, 1.82) is 5.26 Å². The molecule has 0 bridgehead atoms. The number of nitrogens with zero attached hydrogens (tertiary/aromatic N) is 4. The Kier molecular flexibility index (Phi) is 4.28. The Morgan fingerprint density at radius 3 is 2.67 bits per heavy atom. The van der Waals surface area contributed by atoms with Crippen molar-refractivity contribution in [1.82, 2.24) is 14.9 Å². The smallest absolute Gasteiger partial charge is 0.256 e. The lowest BCUT2D eigenvalue weighted by Gasteiger charge is -2.35. The number of carbonyl (C=O) groups excluding carboxylic acids is 1. The molecule has 27 heavy (non-hydrogen) atoms. The second-order valence-electron chi connectivity index (χ2n) is 6.87. The molecule has 1 amide bonds. The van der Waals surface area contributed by atoms with E-state index in [2.05, 4.69) is 27.9 Å². The molecule has 0 unspecified atom stereocenters. The lowest BCUT2D eigenvalue weighted by atomic mass is 10.1. The van der Waals surface area contributed by atoms with Crippen LogP contribution in [0, 0.1) is 25.2 Å². The normalized spacial score (nSPS) is 14.4. The van der Waals surface area contributed by atoms with Gasteiger partial charge in [-0.3, -0.25) is 4.79 Å². The van der Waals surface area contributed by atoms with Gasteiger partial charge in [0.15, 0.2) is 0 Å². The Labute approximate surface area is 158 Å². The number of hydrogen-bond acceptors (Lipinski definition) is 4. The molecular formula is C21H21N5O. The van der Waals surface area contributed by atoms with Crippen LogP contribution in [0.25, 0.3) is 10.9 Å². The number of benzene rings is 1. The lowest BCUT2D eigenvalue weighted by Crippen LogP contribution is -2.49. The van der Waals surface area contributed by atoms with Crippen molar-refractivity contribution in [3.05, 3.63) is 58.9 Å². The summed E-state index contributed by atoms with van der Waals surface area (Å²) in [4.78, 5) is 24.8. The molecule has 136 valence electrons. The molecule has 3 heterocycles. The van der Waals surface area contributed by atoms with E-state index in [0.717, 1.165) is 16.6 Å². The van der Waals surface area contributed by atoms with Gasteiger partial charge in [0, 0.05) is 43.5 Å². The average Bonchev–Trinajstić information content (AvgIpc) is 3.01. The molecular weight excluding hydrogens is 338 g/mol. The molecule has 0 spiro atoms. The minimum atomic E-state index is 0.0445. The van der Waals surface area contributed by atoms with Crippen molar-refractivity contribution in [3.8, 4) is 6.07 Å². The number of anilines is 1. The maximum Gasteiger partial charge on any atom is 0.256 e. The Hall–Kier alpha value is -3.33. The number of rotatable bonds is 2. The number of H-pyrrole nitrogens is 1. The highest BCUT2D eigenvalue weighted by molar-refractivity contribution is 6.06. The first-order valence-corrected chi connectivity index (χ1v) is 9.07. The van der Waals surface area contributed by atoms with Gasteiger partial charge in [0.05, 0.1) is 16.6 Å². The molecule has 1 aliphatic heterocycles. The number of para-hydroxylation sites is 1. The van der Waals surface area contributed by atoms with Gasteiger partial charge in [-0.05, 0) is 37.6 Å². The predicted molar refractivity (Wildman–Crippen MR) is 105 cm³/mol. The topological polar surface area (TPSA) is 76.0 Å². The van der Waals surface area contributed by atoms with Gasteiger partial charge in [-0.25, -0.2) is 4.98 Å². The van der Waals surface area contributed by atoms with Crippen LogP contribution in [0.1, 0.15) is 27.2 Å². The third-order valence-electron chi connectivity index (χ3n) is 5.35. The van der Waals surface area contributed by atoms with Gasteiger partial charge in [0.2, 0.25) is 0 Å². The second kappa shape index (κ2) is 6.76. The standard InChI is InChI=1S/C21H21N5O/c1-14-15(2)24-19-17(14)6-3-7-18(19)21(27)26-11-9-25(10-12-26)20-16(13-22)5-4-8-23-20/h3-8,24H,9-12H2,1-2H3. The molecule has 0 atom stereocenters. The summed E-state index contributed by atoms with van der Waals surface area (Å²) in [6.07, 6.45) is 1.70. The molecule has 1 fully saturated rings. The first-order chi connectivity index (χ1) is 13.1. The summed E-state index contributed by atoms with van der Waals surface area (Å²) < 4.78 is 0. The lowest BCUT2D eigenvalue weighted by molar-refractivity contribution is 0.0748. The first-order valence-electron chi connectivity index (χ1n) is 9.07. The van der Waals surface area contributed by atoms with Crippen LogP contribution in [-0.4, -0.2) is 47.0 Å². The zero-order valence-electron chi connectivity index (χ0n) is 15.5. The Morgan fingerprint density at radius 2 is 1.93 bits per heavy atom. The zero-order chi connectivity index (χ0) is 19.0. The largest absolute Gasteiger partial charge is 0.358 e. The molecule has 3 aromatic rings. The number of amides is 1. The number of nitrogens with one attached hydrogen (secondary N) is 1. The summed E-state index contributed by atoms with van der Waals surface area (Å²) in [5.41, 5.74) is 4.47. The summed E-state index contributed by atoms with van der Waals surface area (Å²) in [7, 11) is 0. The number of aromatic amines is 1. The molecule has 6 nitrogen and oxygen atoms in total. The van der Waals surface area contributed by atoms with Crippen molar-refractivity contribution < 1.29 is 4.79 Å². The molecule has 4 rings (SSSR count). The maximum absolute atomic E-state index is 13.1. The van der Waals surface area contributed by atoms with Crippen LogP contribution in [0.15, 0.2) is 36.5 Å². The number of aryl methyl sites for hydroxylation is 2. The number of aromatic nitrogens is 2. The van der Waals surface area contributed by atoms with Crippen LogP contribution in [0.2, 0.25) is 0 Å². The minimum absolute atomic E-state index is 0.0445. The molecule has 6 heteroatoms. The van der Waals surface area contributed by atoms with E-state index < -0.39 is 0 Å². The van der Waals surface area contributed by atoms with E-state index in [9.17, 15) is 10.1 Å². The van der Waals surface area contributed by atoms with E-state index in [0.29, 0.717) is 43.1 Å². The van der Waals surface area contributed by atoms with Crippen molar-refractivity contribution >= 4 is 22.6 Å². The molecule has 1 N–H and O–H groups in total. The highest BCUT2D eigenvalue weighted by Crippen LogP contribution is 2.26. The third kappa shape index (κ3) is 2.91. The quantitative estimate of drug-likeness (QED) is 0.763.